The van der Waals surface area contributed by atoms with E-state index in [0.717, 1.165) is 34.2 Å². The number of hydrogen-bond donors (Lipinski definition) is 2. The third kappa shape index (κ3) is 4.00. The largest absolute Gasteiger partial charge is 0.383 e. The molecule has 0 saturated heterocycles. The lowest BCUT2D eigenvalue weighted by Gasteiger charge is -2.34. The van der Waals surface area contributed by atoms with Crippen molar-refractivity contribution < 1.29 is 9.59 Å². The molecule has 150 valence electrons. The number of nitrogens with two attached hydrogens (primary N) is 1. The molecule has 0 radical (unpaired) electrons. The number of carbonyl (C=O) groups is 2. The molecule has 3 N–H and O–H groups in total. The molecule has 1 amide bonds. The van der Waals surface area contributed by atoms with Crippen molar-refractivity contribution in [1.82, 2.24) is 9.97 Å². The van der Waals surface area contributed by atoms with Crippen LogP contribution in [-0.2, 0) is 9.59 Å². The zero-order chi connectivity index (χ0) is 20.5. The number of aryl methyl sites for hydroxylation is 1. The molecule has 7 heteroatoms. The highest BCUT2D eigenvalue weighted by molar-refractivity contribution is 7.16. The van der Waals surface area contributed by atoms with Gasteiger partial charge in [-0.25, -0.2) is 9.97 Å². The molecule has 1 unspecified atom stereocenters. The van der Waals surface area contributed by atoms with Crippen molar-refractivity contribution >= 4 is 44.7 Å². The number of benzene rings is 1. The molecule has 6 nitrogen and oxygen atoms in total. The Hall–Kier alpha value is -2.80. The highest BCUT2D eigenvalue weighted by atomic mass is 32.1. The standard InChI is InChI=1S/C22H24N4O2S/c1-12-3-5-16(14-4-6-19-18(9-14)25-11-29-19)17(7-12)20(27)22(28)26-15-8-13(2)21(23)24-10-15/h4,6,8-12,16-17H,3,5,7H2,1-2H3,(H2,23,24)(H,26,28)/t12-,16+,17?/m1/s1. The molecule has 3 aromatic rings. The highest BCUT2D eigenvalue weighted by Crippen LogP contribution is 2.41. The summed E-state index contributed by atoms with van der Waals surface area (Å²) in [5.41, 5.74) is 10.8. The van der Waals surface area contributed by atoms with Crippen LogP contribution in [0.3, 0.4) is 0 Å². The highest BCUT2D eigenvalue weighted by Gasteiger charge is 2.37. The summed E-state index contributed by atoms with van der Waals surface area (Å²) in [6.45, 7) is 3.96. The molecule has 29 heavy (non-hydrogen) atoms. The number of nitrogen functional groups attached to an aromatic ring is 1. The van der Waals surface area contributed by atoms with Gasteiger partial charge in [0.2, 0.25) is 5.78 Å². The number of carbonyl (C=O) groups excluding carboxylic acids is 2. The van der Waals surface area contributed by atoms with E-state index >= 15 is 0 Å². The Labute approximate surface area is 173 Å². The number of nitrogens with zero attached hydrogens (tertiary/aromatic N) is 2. The first-order chi connectivity index (χ1) is 13.9. The van der Waals surface area contributed by atoms with Gasteiger partial charge in [-0.1, -0.05) is 19.4 Å². The fourth-order valence-corrected chi connectivity index (χ4v) is 4.85. The first kappa shape index (κ1) is 19.5. The summed E-state index contributed by atoms with van der Waals surface area (Å²) in [6, 6.07) is 7.93. The number of fused-ring (bicyclic) bond motifs is 1. The number of ketones is 1. The van der Waals surface area contributed by atoms with Crippen LogP contribution in [0.15, 0.2) is 36.0 Å². The van der Waals surface area contributed by atoms with Crippen LogP contribution in [0.2, 0.25) is 0 Å². The lowest BCUT2D eigenvalue weighted by Crippen LogP contribution is -2.36. The van der Waals surface area contributed by atoms with Gasteiger partial charge >= 0.3 is 0 Å². The van der Waals surface area contributed by atoms with Crippen LogP contribution >= 0.6 is 11.3 Å². The zero-order valence-electron chi connectivity index (χ0n) is 16.5. The monoisotopic (exact) mass is 408 g/mol. The van der Waals surface area contributed by atoms with E-state index in [9.17, 15) is 9.59 Å². The molecule has 4 rings (SSSR count). The van der Waals surface area contributed by atoms with E-state index in [2.05, 4.69) is 40.4 Å². The maximum absolute atomic E-state index is 13.1. The number of nitrogens with one attached hydrogen (secondary N) is 1. The maximum Gasteiger partial charge on any atom is 0.292 e. The second-order valence-corrected chi connectivity index (χ2v) is 8.84. The second-order valence-electron chi connectivity index (χ2n) is 7.96. The van der Waals surface area contributed by atoms with Gasteiger partial charge in [0, 0.05) is 5.92 Å². The molecule has 1 aliphatic rings. The average Bonchev–Trinajstić information content (AvgIpc) is 3.18. The van der Waals surface area contributed by atoms with E-state index in [4.69, 9.17) is 5.73 Å². The quantitative estimate of drug-likeness (QED) is 0.627. The number of anilines is 2. The minimum atomic E-state index is -0.588. The third-order valence-corrected chi connectivity index (χ3v) is 6.64. The van der Waals surface area contributed by atoms with E-state index in [1.807, 2.05) is 12.4 Å². The summed E-state index contributed by atoms with van der Waals surface area (Å²) < 4.78 is 1.13. The van der Waals surface area contributed by atoms with Crippen LogP contribution in [0, 0.1) is 18.8 Å². The lowest BCUT2D eigenvalue weighted by atomic mass is 9.70. The van der Waals surface area contributed by atoms with Gasteiger partial charge in [0.25, 0.3) is 5.91 Å². The predicted molar refractivity (Wildman–Crippen MR) is 116 cm³/mol. The number of rotatable bonds is 4. The summed E-state index contributed by atoms with van der Waals surface area (Å²) in [5.74, 6) is -0.437. The maximum atomic E-state index is 13.1. The van der Waals surface area contributed by atoms with Gasteiger partial charge in [-0.3, -0.25) is 9.59 Å². The molecule has 0 bridgehead atoms. The first-order valence-electron chi connectivity index (χ1n) is 9.83. The van der Waals surface area contributed by atoms with Crippen molar-refractivity contribution in [3.63, 3.8) is 0 Å². The smallest absolute Gasteiger partial charge is 0.292 e. The van der Waals surface area contributed by atoms with Crippen molar-refractivity contribution in [1.29, 1.82) is 0 Å². The number of Topliss-reactive ketones (excluding diaryl/α,β-unsaturated/α-hetero) is 1. The van der Waals surface area contributed by atoms with Gasteiger partial charge in [0.1, 0.15) is 5.82 Å². The number of aromatic nitrogens is 2. The van der Waals surface area contributed by atoms with E-state index in [1.54, 1.807) is 17.4 Å². The van der Waals surface area contributed by atoms with E-state index < -0.39 is 5.91 Å². The number of hydrogen-bond acceptors (Lipinski definition) is 6. The molecule has 2 aromatic heterocycles. The summed E-state index contributed by atoms with van der Waals surface area (Å²) in [7, 11) is 0. The predicted octanol–water partition coefficient (Wildman–Crippen LogP) is 4.31. The SMILES string of the molecule is Cc1cc(NC(=O)C(=O)C2C[C@H](C)CC[C@H]2c2ccc3scnc3c2)cnc1N. The molecule has 1 fully saturated rings. The van der Waals surface area contributed by atoms with Gasteiger partial charge in [0.15, 0.2) is 0 Å². The molecule has 3 atom stereocenters. The Bertz CT molecular complexity index is 1080. The Morgan fingerprint density at radius 1 is 1.21 bits per heavy atom. The fourth-order valence-electron chi connectivity index (χ4n) is 4.19. The molecule has 0 spiro atoms. The van der Waals surface area contributed by atoms with Gasteiger partial charge < -0.3 is 11.1 Å². The molecule has 2 heterocycles. The van der Waals surface area contributed by atoms with Crippen molar-refractivity contribution in [2.24, 2.45) is 11.8 Å². The summed E-state index contributed by atoms with van der Waals surface area (Å²) >= 11 is 1.60. The van der Waals surface area contributed by atoms with E-state index in [0.29, 0.717) is 23.8 Å². The molecule has 1 aliphatic carbocycles. The summed E-state index contributed by atoms with van der Waals surface area (Å²) in [4.78, 5) is 34.3. The molecular weight excluding hydrogens is 384 g/mol. The topological polar surface area (TPSA) is 98.0 Å². The summed E-state index contributed by atoms with van der Waals surface area (Å²) in [5, 5.41) is 2.70. The van der Waals surface area contributed by atoms with Gasteiger partial charge in [-0.05, 0) is 60.9 Å². The second kappa shape index (κ2) is 7.91. The minimum absolute atomic E-state index is 0.0295. The molecule has 1 saturated carbocycles. The number of thiazole rings is 1. The fraction of sp³-hybridized carbons (Fsp3) is 0.364. The summed E-state index contributed by atoms with van der Waals surface area (Å²) in [6.07, 6.45) is 4.13. The van der Waals surface area contributed by atoms with Crippen LogP contribution in [0.25, 0.3) is 10.2 Å². The Morgan fingerprint density at radius 2 is 2.03 bits per heavy atom. The van der Waals surface area contributed by atoms with Crippen LogP contribution in [0.1, 0.15) is 43.2 Å². The lowest BCUT2D eigenvalue weighted by molar-refractivity contribution is -0.138. The Morgan fingerprint density at radius 3 is 2.83 bits per heavy atom. The third-order valence-electron chi connectivity index (χ3n) is 5.83. The van der Waals surface area contributed by atoms with Crippen molar-refractivity contribution in [2.45, 2.75) is 39.0 Å². The zero-order valence-corrected chi connectivity index (χ0v) is 17.3. The van der Waals surface area contributed by atoms with Crippen LogP contribution in [0.4, 0.5) is 11.5 Å². The number of pyridine rings is 1. The normalized spacial score (nSPS) is 21.8. The van der Waals surface area contributed by atoms with Gasteiger partial charge in [-0.2, -0.15) is 0 Å². The van der Waals surface area contributed by atoms with Crippen molar-refractivity contribution in [2.75, 3.05) is 11.1 Å². The van der Waals surface area contributed by atoms with Crippen molar-refractivity contribution in [3.8, 4) is 0 Å². The average molecular weight is 409 g/mol. The van der Waals surface area contributed by atoms with E-state index in [-0.39, 0.29) is 17.6 Å². The Kier molecular flexibility index (Phi) is 5.32. The van der Waals surface area contributed by atoms with Crippen LogP contribution < -0.4 is 11.1 Å². The van der Waals surface area contributed by atoms with Gasteiger partial charge in [0.05, 0.1) is 27.6 Å². The number of amides is 1. The van der Waals surface area contributed by atoms with Crippen LogP contribution in [-0.4, -0.2) is 21.7 Å². The molecule has 0 aliphatic heterocycles. The first-order valence-corrected chi connectivity index (χ1v) is 10.7. The van der Waals surface area contributed by atoms with Gasteiger partial charge in [-0.15, -0.1) is 11.3 Å². The molecular formula is C22H24N4O2S. The molecule has 1 aromatic carbocycles. The van der Waals surface area contributed by atoms with Crippen LogP contribution in [0.5, 0.6) is 0 Å². The van der Waals surface area contributed by atoms with Crippen molar-refractivity contribution in [3.05, 3.63) is 47.1 Å². The minimum Gasteiger partial charge on any atom is -0.383 e. The van der Waals surface area contributed by atoms with E-state index in [1.165, 1.54) is 6.20 Å². The Balaban J connectivity index is 1.57.